The summed E-state index contributed by atoms with van der Waals surface area (Å²) >= 11 is 0. The summed E-state index contributed by atoms with van der Waals surface area (Å²) in [5.74, 6) is 0.336. The summed E-state index contributed by atoms with van der Waals surface area (Å²) in [4.78, 5) is 9.03. The molecule has 2 atom stereocenters. The van der Waals surface area contributed by atoms with Crippen molar-refractivity contribution in [2.45, 2.75) is 24.7 Å². The maximum atomic E-state index is 12.5. The SMILES string of the molecule is FC(F)(F)c1cc(N2C[C@H]3C[C@H]2CO3)ncn1. The summed E-state index contributed by atoms with van der Waals surface area (Å²) in [5, 5.41) is 0. The normalized spacial score (nSPS) is 27.8. The van der Waals surface area contributed by atoms with E-state index in [0.717, 1.165) is 18.8 Å². The topological polar surface area (TPSA) is 38.2 Å². The number of morpholine rings is 1. The van der Waals surface area contributed by atoms with Crippen molar-refractivity contribution in [3.8, 4) is 0 Å². The zero-order chi connectivity index (χ0) is 12.0. The third-order valence-electron chi connectivity index (χ3n) is 3.14. The molecule has 1 aromatic heterocycles. The number of alkyl halides is 3. The van der Waals surface area contributed by atoms with E-state index in [-0.39, 0.29) is 12.1 Å². The third-order valence-corrected chi connectivity index (χ3v) is 3.14. The number of ether oxygens (including phenoxy) is 1. The van der Waals surface area contributed by atoms with Crippen LogP contribution in [-0.2, 0) is 10.9 Å². The van der Waals surface area contributed by atoms with E-state index in [0.29, 0.717) is 19.0 Å². The molecule has 0 N–H and O–H groups in total. The van der Waals surface area contributed by atoms with Gasteiger partial charge in [-0.15, -0.1) is 0 Å². The first-order valence-electron chi connectivity index (χ1n) is 5.31. The molecule has 2 aliphatic rings. The van der Waals surface area contributed by atoms with Crippen LogP contribution in [0.4, 0.5) is 19.0 Å². The highest BCUT2D eigenvalue weighted by atomic mass is 19.4. The summed E-state index contributed by atoms with van der Waals surface area (Å²) in [5.41, 5.74) is -0.897. The second kappa shape index (κ2) is 3.56. The highest BCUT2D eigenvalue weighted by Gasteiger charge is 2.40. The number of anilines is 1. The number of fused-ring (bicyclic) bond motifs is 2. The van der Waals surface area contributed by atoms with Gasteiger partial charge in [-0.25, -0.2) is 9.97 Å². The van der Waals surface area contributed by atoms with Crippen molar-refractivity contribution in [1.29, 1.82) is 0 Å². The van der Waals surface area contributed by atoms with Crippen LogP contribution in [0.2, 0.25) is 0 Å². The molecule has 2 fully saturated rings. The van der Waals surface area contributed by atoms with Crippen LogP contribution in [0.3, 0.4) is 0 Å². The van der Waals surface area contributed by atoms with Crippen molar-refractivity contribution >= 4 is 5.82 Å². The second-order valence-corrected chi connectivity index (χ2v) is 4.26. The number of hydrogen-bond acceptors (Lipinski definition) is 4. The molecule has 7 heteroatoms. The Kier molecular flexibility index (Phi) is 2.25. The van der Waals surface area contributed by atoms with Gasteiger partial charge in [-0.2, -0.15) is 13.2 Å². The van der Waals surface area contributed by atoms with E-state index < -0.39 is 11.9 Å². The van der Waals surface area contributed by atoms with Gasteiger partial charge in [0.1, 0.15) is 17.8 Å². The lowest BCUT2D eigenvalue weighted by molar-refractivity contribution is -0.141. The van der Waals surface area contributed by atoms with Gasteiger partial charge < -0.3 is 9.64 Å². The molecule has 2 bridgehead atoms. The Morgan fingerprint density at radius 1 is 1.35 bits per heavy atom. The molecule has 2 saturated heterocycles. The van der Waals surface area contributed by atoms with Gasteiger partial charge in [-0.1, -0.05) is 0 Å². The van der Waals surface area contributed by atoms with Gasteiger partial charge in [0.2, 0.25) is 0 Å². The van der Waals surface area contributed by atoms with Crippen LogP contribution in [0.25, 0.3) is 0 Å². The van der Waals surface area contributed by atoms with E-state index in [1.165, 1.54) is 0 Å². The molecule has 0 spiro atoms. The van der Waals surface area contributed by atoms with Gasteiger partial charge in [0, 0.05) is 12.6 Å². The van der Waals surface area contributed by atoms with E-state index in [4.69, 9.17) is 4.74 Å². The Morgan fingerprint density at radius 2 is 2.18 bits per heavy atom. The Labute approximate surface area is 95.4 Å². The molecule has 1 aromatic rings. The summed E-state index contributed by atoms with van der Waals surface area (Å²) in [6, 6.07) is 1.15. The first-order valence-corrected chi connectivity index (χ1v) is 5.31. The average molecular weight is 245 g/mol. The maximum absolute atomic E-state index is 12.5. The molecule has 17 heavy (non-hydrogen) atoms. The molecule has 0 aromatic carbocycles. The molecule has 3 rings (SSSR count). The van der Waals surface area contributed by atoms with Crippen LogP contribution in [0.1, 0.15) is 12.1 Å². The molecule has 92 valence electrons. The second-order valence-electron chi connectivity index (χ2n) is 4.26. The summed E-state index contributed by atoms with van der Waals surface area (Å²) < 4.78 is 42.9. The molecule has 3 heterocycles. The fourth-order valence-corrected chi connectivity index (χ4v) is 2.34. The smallest absolute Gasteiger partial charge is 0.374 e. The Balaban J connectivity index is 1.89. The minimum Gasteiger partial charge on any atom is -0.374 e. The van der Waals surface area contributed by atoms with Crippen molar-refractivity contribution < 1.29 is 17.9 Å². The standard InChI is InChI=1S/C10H10F3N3O/c11-10(12,13)8-2-9(15-5-14-8)16-3-7-1-6(16)4-17-7/h2,5-7H,1,3-4H2/t6-,7+/m0/s1. The number of aromatic nitrogens is 2. The number of nitrogens with zero attached hydrogens (tertiary/aromatic N) is 3. The largest absolute Gasteiger partial charge is 0.433 e. The molecule has 2 aliphatic heterocycles. The highest BCUT2D eigenvalue weighted by Crippen LogP contribution is 2.34. The lowest BCUT2D eigenvalue weighted by Gasteiger charge is -2.27. The molecule has 0 amide bonds. The van der Waals surface area contributed by atoms with Crippen molar-refractivity contribution in [1.82, 2.24) is 9.97 Å². The fourth-order valence-electron chi connectivity index (χ4n) is 2.34. The van der Waals surface area contributed by atoms with Gasteiger partial charge in [-0.05, 0) is 6.42 Å². The Hall–Kier alpha value is -1.37. The first kappa shape index (κ1) is 10.8. The summed E-state index contributed by atoms with van der Waals surface area (Å²) in [7, 11) is 0. The number of rotatable bonds is 1. The monoisotopic (exact) mass is 245 g/mol. The predicted octanol–water partition coefficient (Wildman–Crippen LogP) is 1.47. The van der Waals surface area contributed by atoms with Crippen LogP contribution in [0.15, 0.2) is 12.4 Å². The van der Waals surface area contributed by atoms with Crippen LogP contribution in [0.5, 0.6) is 0 Å². The van der Waals surface area contributed by atoms with E-state index in [1.807, 2.05) is 4.90 Å². The molecule has 0 radical (unpaired) electrons. The van der Waals surface area contributed by atoms with Crippen molar-refractivity contribution in [2.75, 3.05) is 18.1 Å². The zero-order valence-electron chi connectivity index (χ0n) is 8.81. The first-order chi connectivity index (χ1) is 8.04. The van der Waals surface area contributed by atoms with E-state index in [1.54, 1.807) is 0 Å². The van der Waals surface area contributed by atoms with Crippen LogP contribution in [-0.4, -0.2) is 35.3 Å². The third kappa shape index (κ3) is 1.84. The Bertz CT molecular complexity index is 437. The van der Waals surface area contributed by atoms with Crippen molar-refractivity contribution in [3.63, 3.8) is 0 Å². The van der Waals surface area contributed by atoms with Crippen LogP contribution in [0, 0.1) is 0 Å². The number of halogens is 3. The van der Waals surface area contributed by atoms with E-state index >= 15 is 0 Å². The highest BCUT2D eigenvalue weighted by molar-refractivity contribution is 5.43. The predicted molar refractivity (Wildman–Crippen MR) is 52.5 cm³/mol. The Morgan fingerprint density at radius 3 is 2.76 bits per heavy atom. The van der Waals surface area contributed by atoms with Gasteiger partial charge in [0.25, 0.3) is 0 Å². The van der Waals surface area contributed by atoms with Gasteiger partial charge >= 0.3 is 6.18 Å². The lowest BCUT2D eigenvalue weighted by Crippen LogP contribution is -2.37. The van der Waals surface area contributed by atoms with Crippen LogP contribution >= 0.6 is 0 Å². The molecule has 0 saturated carbocycles. The summed E-state index contributed by atoms with van der Waals surface area (Å²) in [6.45, 7) is 1.18. The molecular weight excluding hydrogens is 235 g/mol. The molecule has 0 unspecified atom stereocenters. The van der Waals surface area contributed by atoms with Crippen LogP contribution < -0.4 is 4.90 Å². The lowest BCUT2D eigenvalue weighted by atomic mass is 10.2. The van der Waals surface area contributed by atoms with Gasteiger partial charge in [0.15, 0.2) is 0 Å². The maximum Gasteiger partial charge on any atom is 0.433 e. The zero-order valence-corrected chi connectivity index (χ0v) is 8.81. The average Bonchev–Trinajstić information content (AvgIpc) is 2.89. The van der Waals surface area contributed by atoms with Crippen molar-refractivity contribution in [3.05, 3.63) is 18.1 Å². The molecule has 4 nitrogen and oxygen atoms in total. The molecule has 0 aliphatic carbocycles. The van der Waals surface area contributed by atoms with Crippen molar-refractivity contribution in [2.24, 2.45) is 0 Å². The fraction of sp³-hybridized carbons (Fsp3) is 0.600. The number of hydrogen-bond donors (Lipinski definition) is 0. The van der Waals surface area contributed by atoms with Gasteiger partial charge in [0.05, 0.1) is 18.8 Å². The minimum absolute atomic E-state index is 0.129. The van der Waals surface area contributed by atoms with E-state index in [9.17, 15) is 13.2 Å². The molecular formula is C10H10F3N3O. The quantitative estimate of drug-likeness (QED) is 0.751. The minimum atomic E-state index is -4.42. The summed E-state index contributed by atoms with van der Waals surface area (Å²) in [6.07, 6.45) is -2.46. The van der Waals surface area contributed by atoms with Gasteiger partial charge in [-0.3, -0.25) is 0 Å². The van der Waals surface area contributed by atoms with E-state index in [2.05, 4.69) is 9.97 Å².